The Bertz CT molecular complexity index is 330. The molecule has 0 atom stereocenters. The number of hydrogen-bond acceptors (Lipinski definition) is 2. The van der Waals surface area contributed by atoms with Gasteiger partial charge in [-0.2, -0.15) is 0 Å². The zero-order valence-corrected chi connectivity index (χ0v) is 9.15. The number of rotatable bonds is 5. The average molecular weight is 203 g/mol. The molecule has 2 nitrogen and oxygen atoms in total. The first-order valence-electron chi connectivity index (χ1n) is 5.63. The second-order valence-electron chi connectivity index (χ2n) is 4.08. The van der Waals surface area contributed by atoms with Crippen LogP contribution in [-0.4, -0.2) is 29.8 Å². The van der Waals surface area contributed by atoms with E-state index in [1.165, 1.54) is 12.8 Å². The molecule has 1 fully saturated rings. The van der Waals surface area contributed by atoms with Crippen molar-refractivity contribution in [1.82, 2.24) is 4.90 Å². The van der Waals surface area contributed by atoms with Crippen molar-refractivity contribution in [3.8, 4) is 0 Å². The fourth-order valence-electron chi connectivity index (χ4n) is 1.84. The van der Waals surface area contributed by atoms with Crippen molar-refractivity contribution in [2.75, 3.05) is 13.1 Å². The van der Waals surface area contributed by atoms with Gasteiger partial charge in [0.15, 0.2) is 5.78 Å². The minimum atomic E-state index is 0.240. The Labute approximate surface area is 90.9 Å². The zero-order valence-electron chi connectivity index (χ0n) is 9.15. The summed E-state index contributed by atoms with van der Waals surface area (Å²) in [6, 6.07) is 10.2. The van der Waals surface area contributed by atoms with E-state index in [1.54, 1.807) is 0 Å². The Morgan fingerprint density at radius 3 is 2.53 bits per heavy atom. The molecule has 0 bridgehead atoms. The van der Waals surface area contributed by atoms with Crippen LogP contribution in [0.5, 0.6) is 0 Å². The van der Waals surface area contributed by atoms with Crippen molar-refractivity contribution >= 4 is 5.78 Å². The van der Waals surface area contributed by atoms with E-state index >= 15 is 0 Å². The van der Waals surface area contributed by atoms with Crippen LogP contribution in [0.15, 0.2) is 30.3 Å². The van der Waals surface area contributed by atoms with E-state index in [0.29, 0.717) is 12.6 Å². The number of ketones is 1. The maximum absolute atomic E-state index is 11.9. The highest BCUT2D eigenvalue weighted by molar-refractivity contribution is 5.97. The summed E-state index contributed by atoms with van der Waals surface area (Å²) >= 11 is 0. The smallest absolute Gasteiger partial charge is 0.176 e. The topological polar surface area (TPSA) is 20.3 Å². The molecule has 0 heterocycles. The summed E-state index contributed by atoms with van der Waals surface area (Å²) in [7, 11) is 0. The van der Waals surface area contributed by atoms with Gasteiger partial charge in [-0.05, 0) is 19.4 Å². The largest absolute Gasteiger partial charge is 0.293 e. The van der Waals surface area contributed by atoms with Crippen molar-refractivity contribution in [2.24, 2.45) is 0 Å². The fraction of sp³-hybridized carbons (Fsp3) is 0.462. The summed E-state index contributed by atoms with van der Waals surface area (Å²) in [5, 5.41) is 0. The van der Waals surface area contributed by atoms with Crippen molar-refractivity contribution in [2.45, 2.75) is 25.8 Å². The number of carbonyl (C=O) groups is 1. The SMILES string of the molecule is CCN(CC(=O)c1ccccc1)C1CC1. The third-order valence-corrected chi connectivity index (χ3v) is 2.91. The first-order chi connectivity index (χ1) is 7.31. The molecule has 1 aromatic rings. The van der Waals surface area contributed by atoms with Gasteiger partial charge in [0, 0.05) is 11.6 Å². The molecule has 0 spiro atoms. The summed E-state index contributed by atoms with van der Waals surface area (Å²) < 4.78 is 0. The second-order valence-corrected chi connectivity index (χ2v) is 4.08. The second kappa shape index (κ2) is 4.58. The molecule has 0 radical (unpaired) electrons. The molecule has 1 aliphatic rings. The van der Waals surface area contributed by atoms with Gasteiger partial charge in [-0.25, -0.2) is 0 Å². The van der Waals surface area contributed by atoms with Crippen LogP contribution in [0, 0.1) is 0 Å². The van der Waals surface area contributed by atoms with Gasteiger partial charge in [-0.3, -0.25) is 9.69 Å². The molecule has 2 heteroatoms. The van der Waals surface area contributed by atoms with Crippen LogP contribution >= 0.6 is 0 Å². The van der Waals surface area contributed by atoms with Gasteiger partial charge >= 0.3 is 0 Å². The van der Waals surface area contributed by atoms with Crippen molar-refractivity contribution in [1.29, 1.82) is 0 Å². The van der Waals surface area contributed by atoms with Gasteiger partial charge in [0.1, 0.15) is 0 Å². The van der Waals surface area contributed by atoms with Gasteiger partial charge in [0.05, 0.1) is 6.54 Å². The molecular formula is C13H17NO. The number of nitrogens with zero attached hydrogens (tertiary/aromatic N) is 1. The zero-order chi connectivity index (χ0) is 10.7. The summed E-state index contributed by atoms with van der Waals surface area (Å²) in [6.45, 7) is 3.67. The van der Waals surface area contributed by atoms with Crippen LogP contribution in [0.4, 0.5) is 0 Å². The quantitative estimate of drug-likeness (QED) is 0.685. The first kappa shape index (κ1) is 10.4. The van der Waals surface area contributed by atoms with Crippen LogP contribution in [0.3, 0.4) is 0 Å². The Hall–Kier alpha value is -1.15. The Morgan fingerprint density at radius 1 is 1.33 bits per heavy atom. The molecule has 1 aliphatic carbocycles. The maximum atomic E-state index is 11.9. The van der Waals surface area contributed by atoms with Crippen LogP contribution in [0.1, 0.15) is 30.1 Å². The van der Waals surface area contributed by atoms with Crippen molar-refractivity contribution in [3.05, 3.63) is 35.9 Å². The maximum Gasteiger partial charge on any atom is 0.176 e. The van der Waals surface area contributed by atoms with E-state index in [1.807, 2.05) is 30.3 Å². The van der Waals surface area contributed by atoms with E-state index in [2.05, 4.69) is 11.8 Å². The monoisotopic (exact) mass is 203 g/mol. The highest BCUT2D eigenvalue weighted by Crippen LogP contribution is 2.26. The van der Waals surface area contributed by atoms with Crippen molar-refractivity contribution in [3.63, 3.8) is 0 Å². The van der Waals surface area contributed by atoms with Gasteiger partial charge in [0.25, 0.3) is 0 Å². The highest BCUT2D eigenvalue weighted by atomic mass is 16.1. The predicted octanol–water partition coefficient (Wildman–Crippen LogP) is 2.35. The van der Waals surface area contributed by atoms with E-state index in [4.69, 9.17) is 0 Å². The lowest BCUT2D eigenvalue weighted by atomic mass is 10.1. The summed E-state index contributed by atoms with van der Waals surface area (Å²) in [4.78, 5) is 14.2. The molecule has 2 rings (SSSR count). The number of benzene rings is 1. The van der Waals surface area contributed by atoms with E-state index in [-0.39, 0.29) is 5.78 Å². The summed E-state index contributed by atoms with van der Waals surface area (Å²) in [5.41, 5.74) is 0.830. The van der Waals surface area contributed by atoms with E-state index < -0.39 is 0 Å². The standard InChI is InChI=1S/C13H17NO/c1-2-14(12-8-9-12)10-13(15)11-6-4-3-5-7-11/h3-7,12H,2,8-10H2,1H3. The third-order valence-electron chi connectivity index (χ3n) is 2.91. The molecular weight excluding hydrogens is 186 g/mol. The molecule has 0 unspecified atom stereocenters. The molecule has 1 aromatic carbocycles. The fourth-order valence-corrected chi connectivity index (χ4v) is 1.84. The number of Topliss-reactive ketones (excluding diaryl/α,β-unsaturated/α-hetero) is 1. The normalized spacial score (nSPS) is 15.6. The third kappa shape index (κ3) is 2.66. The Morgan fingerprint density at radius 2 is 2.00 bits per heavy atom. The predicted molar refractivity (Wildman–Crippen MR) is 61.0 cm³/mol. The first-order valence-corrected chi connectivity index (χ1v) is 5.63. The lowest BCUT2D eigenvalue weighted by Gasteiger charge is -2.18. The van der Waals surface area contributed by atoms with Crippen LogP contribution in [-0.2, 0) is 0 Å². The minimum absolute atomic E-state index is 0.240. The van der Waals surface area contributed by atoms with E-state index in [9.17, 15) is 4.79 Å². The van der Waals surface area contributed by atoms with Crippen LogP contribution in [0.25, 0.3) is 0 Å². The Kier molecular flexibility index (Phi) is 3.17. The average Bonchev–Trinajstić information content (AvgIpc) is 3.10. The van der Waals surface area contributed by atoms with Crippen LogP contribution < -0.4 is 0 Å². The Balaban J connectivity index is 1.96. The van der Waals surface area contributed by atoms with Crippen molar-refractivity contribution < 1.29 is 4.79 Å². The molecule has 80 valence electrons. The highest BCUT2D eigenvalue weighted by Gasteiger charge is 2.28. The van der Waals surface area contributed by atoms with E-state index in [0.717, 1.165) is 12.1 Å². The molecule has 0 N–H and O–H groups in total. The number of likely N-dealkylation sites (N-methyl/N-ethyl adjacent to an activating group) is 1. The molecule has 0 amide bonds. The molecule has 15 heavy (non-hydrogen) atoms. The van der Waals surface area contributed by atoms with Gasteiger partial charge in [-0.15, -0.1) is 0 Å². The lowest BCUT2D eigenvalue weighted by molar-refractivity contribution is 0.0928. The minimum Gasteiger partial charge on any atom is -0.293 e. The molecule has 0 aliphatic heterocycles. The summed E-state index contributed by atoms with van der Waals surface area (Å²) in [6.07, 6.45) is 2.52. The van der Waals surface area contributed by atoms with Gasteiger partial charge < -0.3 is 0 Å². The summed E-state index contributed by atoms with van der Waals surface area (Å²) in [5.74, 6) is 0.240. The lowest BCUT2D eigenvalue weighted by Crippen LogP contribution is -2.31. The molecule has 1 saturated carbocycles. The van der Waals surface area contributed by atoms with Crippen LogP contribution in [0.2, 0.25) is 0 Å². The molecule has 0 aromatic heterocycles. The number of carbonyl (C=O) groups excluding carboxylic acids is 1. The molecule has 0 saturated heterocycles. The number of hydrogen-bond donors (Lipinski definition) is 0. The van der Waals surface area contributed by atoms with Gasteiger partial charge in [0.2, 0.25) is 0 Å². The van der Waals surface area contributed by atoms with Gasteiger partial charge in [-0.1, -0.05) is 37.3 Å².